The summed E-state index contributed by atoms with van der Waals surface area (Å²) in [6, 6.07) is 17.0. The number of carbonyl (C=O) groups excluding carboxylic acids is 1. The first-order chi connectivity index (χ1) is 11.6. The van der Waals surface area contributed by atoms with Gasteiger partial charge >= 0.3 is 0 Å². The number of nitrogens with one attached hydrogen (secondary N) is 1. The molecule has 0 spiro atoms. The van der Waals surface area contributed by atoms with Crippen LogP contribution in [0.4, 0.5) is 0 Å². The molecule has 3 rings (SSSR count). The molecule has 120 valence electrons. The number of carbonyl (C=O) groups is 1. The van der Waals surface area contributed by atoms with Crippen LogP contribution in [0.3, 0.4) is 0 Å². The molecule has 24 heavy (non-hydrogen) atoms. The van der Waals surface area contributed by atoms with Gasteiger partial charge in [0.15, 0.2) is 0 Å². The van der Waals surface area contributed by atoms with E-state index in [1.807, 2.05) is 50.2 Å². The van der Waals surface area contributed by atoms with Gasteiger partial charge in [-0.1, -0.05) is 35.9 Å². The number of benzene rings is 1. The molecule has 0 bridgehead atoms. The number of pyridine rings is 2. The molecule has 4 nitrogen and oxygen atoms in total. The van der Waals surface area contributed by atoms with E-state index in [1.165, 1.54) is 0 Å². The smallest absolute Gasteiger partial charge is 0.253 e. The highest BCUT2D eigenvalue weighted by Crippen LogP contribution is 2.22. The molecule has 0 saturated carbocycles. The van der Waals surface area contributed by atoms with E-state index in [9.17, 15) is 4.79 Å². The molecule has 4 heteroatoms. The fourth-order valence-electron chi connectivity index (χ4n) is 2.66. The zero-order valence-electron chi connectivity index (χ0n) is 13.7. The minimum absolute atomic E-state index is 0.155. The molecule has 0 aliphatic rings. The molecule has 1 atom stereocenters. The molecule has 2 aromatic heterocycles. The topological polar surface area (TPSA) is 54.9 Å². The third-order valence-corrected chi connectivity index (χ3v) is 3.89. The minimum atomic E-state index is -0.307. The predicted octanol–water partition coefficient (Wildman–Crippen LogP) is 3.61. The monoisotopic (exact) mass is 317 g/mol. The Balaban J connectivity index is 1.97. The van der Waals surface area contributed by atoms with E-state index in [-0.39, 0.29) is 11.9 Å². The van der Waals surface area contributed by atoms with Crippen LogP contribution in [0.5, 0.6) is 0 Å². The highest BCUT2D eigenvalue weighted by molar-refractivity contribution is 5.95. The van der Waals surface area contributed by atoms with Crippen molar-refractivity contribution in [1.82, 2.24) is 15.3 Å². The number of hydrogen-bond acceptors (Lipinski definition) is 3. The third kappa shape index (κ3) is 3.49. The summed E-state index contributed by atoms with van der Waals surface area (Å²) in [4.78, 5) is 21.3. The predicted molar refractivity (Wildman–Crippen MR) is 93.7 cm³/mol. The minimum Gasteiger partial charge on any atom is -0.339 e. The van der Waals surface area contributed by atoms with Gasteiger partial charge in [-0.3, -0.25) is 14.8 Å². The standard InChI is InChI=1S/C20H19N3O/c1-14-7-5-8-16(13-14)19(18-10-3-4-11-22-18)23-20(24)17-9-6-12-21-15(17)2/h3-13,19H,1-2H3,(H,23,24)/t19-/m1/s1. The van der Waals surface area contributed by atoms with E-state index in [4.69, 9.17) is 0 Å². The van der Waals surface area contributed by atoms with Crippen LogP contribution in [0.1, 0.15) is 38.9 Å². The summed E-state index contributed by atoms with van der Waals surface area (Å²) in [5, 5.41) is 3.09. The fourth-order valence-corrected chi connectivity index (χ4v) is 2.66. The molecular formula is C20H19N3O. The van der Waals surface area contributed by atoms with Crippen LogP contribution in [0.25, 0.3) is 0 Å². The molecule has 0 aliphatic heterocycles. The fraction of sp³-hybridized carbons (Fsp3) is 0.150. The maximum absolute atomic E-state index is 12.7. The lowest BCUT2D eigenvalue weighted by atomic mass is 10.0. The van der Waals surface area contributed by atoms with Gasteiger partial charge in [0, 0.05) is 18.1 Å². The van der Waals surface area contributed by atoms with Crippen molar-refractivity contribution < 1.29 is 4.79 Å². The van der Waals surface area contributed by atoms with E-state index in [1.54, 1.807) is 24.5 Å². The van der Waals surface area contributed by atoms with E-state index >= 15 is 0 Å². The number of aryl methyl sites for hydroxylation is 2. The van der Waals surface area contributed by atoms with Crippen LogP contribution in [0.2, 0.25) is 0 Å². The molecule has 0 aliphatic carbocycles. The summed E-state index contributed by atoms with van der Waals surface area (Å²) in [7, 11) is 0. The summed E-state index contributed by atoms with van der Waals surface area (Å²) in [6.07, 6.45) is 3.42. The van der Waals surface area contributed by atoms with E-state index in [0.717, 1.165) is 16.8 Å². The zero-order chi connectivity index (χ0) is 16.9. The molecule has 0 fully saturated rings. The van der Waals surface area contributed by atoms with Crippen molar-refractivity contribution in [2.75, 3.05) is 0 Å². The van der Waals surface area contributed by atoms with Gasteiger partial charge in [0.25, 0.3) is 5.91 Å². The van der Waals surface area contributed by atoms with Gasteiger partial charge in [0.2, 0.25) is 0 Å². The molecule has 0 radical (unpaired) electrons. The molecule has 0 unspecified atom stereocenters. The Morgan fingerprint density at radius 1 is 0.958 bits per heavy atom. The molecule has 1 amide bonds. The molecule has 1 aromatic carbocycles. The lowest BCUT2D eigenvalue weighted by Crippen LogP contribution is -2.30. The van der Waals surface area contributed by atoms with Crippen molar-refractivity contribution in [1.29, 1.82) is 0 Å². The van der Waals surface area contributed by atoms with Crippen LogP contribution in [0, 0.1) is 13.8 Å². The molecular weight excluding hydrogens is 298 g/mol. The van der Waals surface area contributed by atoms with E-state index < -0.39 is 0 Å². The summed E-state index contributed by atoms with van der Waals surface area (Å²) in [5.74, 6) is -0.155. The first-order valence-electron chi connectivity index (χ1n) is 7.85. The van der Waals surface area contributed by atoms with E-state index in [2.05, 4.69) is 21.4 Å². The van der Waals surface area contributed by atoms with Gasteiger partial charge in [0.1, 0.15) is 0 Å². The van der Waals surface area contributed by atoms with Gasteiger partial charge < -0.3 is 5.32 Å². The van der Waals surface area contributed by atoms with Crippen molar-refractivity contribution in [2.45, 2.75) is 19.9 Å². The largest absolute Gasteiger partial charge is 0.339 e. The van der Waals surface area contributed by atoms with Crippen LogP contribution >= 0.6 is 0 Å². The number of hydrogen-bond donors (Lipinski definition) is 1. The van der Waals surface area contributed by atoms with Gasteiger partial charge in [-0.15, -0.1) is 0 Å². The van der Waals surface area contributed by atoms with Crippen LogP contribution in [-0.2, 0) is 0 Å². The van der Waals surface area contributed by atoms with Gasteiger partial charge in [-0.2, -0.15) is 0 Å². The van der Waals surface area contributed by atoms with Crippen molar-refractivity contribution in [3.8, 4) is 0 Å². The zero-order valence-corrected chi connectivity index (χ0v) is 13.7. The second-order valence-corrected chi connectivity index (χ2v) is 5.71. The van der Waals surface area contributed by atoms with Crippen molar-refractivity contribution in [3.63, 3.8) is 0 Å². The normalized spacial score (nSPS) is 11.8. The van der Waals surface area contributed by atoms with Gasteiger partial charge in [-0.25, -0.2) is 0 Å². The van der Waals surface area contributed by atoms with Gasteiger partial charge in [0.05, 0.1) is 17.3 Å². The number of rotatable bonds is 4. The highest BCUT2D eigenvalue weighted by atomic mass is 16.1. The maximum Gasteiger partial charge on any atom is 0.253 e. The molecule has 1 N–H and O–H groups in total. The Hall–Kier alpha value is -3.01. The lowest BCUT2D eigenvalue weighted by molar-refractivity contribution is 0.0941. The summed E-state index contributed by atoms with van der Waals surface area (Å²) in [5.41, 5.74) is 4.23. The number of nitrogens with zero attached hydrogens (tertiary/aromatic N) is 2. The Bertz CT molecular complexity index is 846. The van der Waals surface area contributed by atoms with Crippen molar-refractivity contribution in [2.24, 2.45) is 0 Å². The number of amides is 1. The van der Waals surface area contributed by atoms with Gasteiger partial charge in [-0.05, 0) is 43.7 Å². The Morgan fingerprint density at radius 2 is 1.79 bits per heavy atom. The third-order valence-electron chi connectivity index (χ3n) is 3.89. The highest BCUT2D eigenvalue weighted by Gasteiger charge is 2.20. The van der Waals surface area contributed by atoms with Crippen LogP contribution in [0.15, 0.2) is 67.0 Å². The Kier molecular flexibility index (Phi) is 4.66. The summed E-state index contributed by atoms with van der Waals surface area (Å²) in [6.45, 7) is 3.86. The van der Waals surface area contributed by atoms with Crippen LogP contribution in [-0.4, -0.2) is 15.9 Å². The molecule has 0 saturated heterocycles. The lowest BCUT2D eigenvalue weighted by Gasteiger charge is -2.19. The first kappa shape index (κ1) is 15.9. The van der Waals surface area contributed by atoms with Crippen molar-refractivity contribution in [3.05, 3.63) is 95.1 Å². The van der Waals surface area contributed by atoms with E-state index in [0.29, 0.717) is 11.3 Å². The van der Waals surface area contributed by atoms with Crippen molar-refractivity contribution >= 4 is 5.91 Å². The first-order valence-corrected chi connectivity index (χ1v) is 7.85. The molecule has 2 heterocycles. The SMILES string of the molecule is Cc1cccc([C@@H](NC(=O)c2cccnc2C)c2ccccn2)c1. The average Bonchev–Trinajstić information content (AvgIpc) is 2.60. The Labute approximate surface area is 141 Å². The Morgan fingerprint density at radius 3 is 2.50 bits per heavy atom. The second-order valence-electron chi connectivity index (χ2n) is 5.71. The quantitative estimate of drug-likeness (QED) is 0.799. The average molecular weight is 317 g/mol. The summed E-state index contributed by atoms with van der Waals surface area (Å²) >= 11 is 0. The number of aromatic nitrogens is 2. The second kappa shape index (κ2) is 7.04. The summed E-state index contributed by atoms with van der Waals surface area (Å²) < 4.78 is 0. The van der Waals surface area contributed by atoms with Crippen LogP contribution < -0.4 is 5.32 Å². The molecule has 3 aromatic rings. The maximum atomic E-state index is 12.7.